The van der Waals surface area contributed by atoms with Gasteiger partial charge in [0.25, 0.3) is 0 Å². The predicted molar refractivity (Wildman–Crippen MR) is 124 cm³/mol. The summed E-state index contributed by atoms with van der Waals surface area (Å²) in [5.41, 5.74) is 0.699. The van der Waals surface area contributed by atoms with Crippen molar-refractivity contribution in [2.75, 3.05) is 50.5 Å². The maximum Gasteiger partial charge on any atom is 0.414 e. The van der Waals surface area contributed by atoms with Crippen molar-refractivity contribution in [3.8, 4) is 5.75 Å². The van der Waals surface area contributed by atoms with Crippen molar-refractivity contribution >= 4 is 41.5 Å². The number of benzene rings is 1. The Hall–Kier alpha value is -3.67. The van der Waals surface area contributed by atoms with Crippen LogP contribution in [-0.4, -0.2) is 94.1 Å². The molecule has 13 heteroatoms. The molecule has 1 saturated heterocycles. The molecule has 2 aromatic rings. The molecule has 2 N–H and O–H groups in total. The molecule has 0 saturated carbocycles. The highest BCUT2D eigenvalue weighted by Gasteiger charge is 2.24. The molecule has 1 aliphatic rings. The van der Waals surface area contributed by atoms with Gasteiger partial charge in [-0.1, -0.05) is 12.1 Å². The molecule has 0 aliphatic carbocycles. The molecule has 12 nitrogen and oxygen atoms in total. The van der Waals surface area contributed by atoms with Gasteiger partial charge >= 0.3 is 12.1 Å². The number of aromatic nitrogens is 3. The summed E-state index contributed by atoms with van der Waals surface area (Å²) < 4.78 is 5.17. The third-order valence-electron chi connectivity index (χ3n) is 5.14. The van der Waals surface area contributed by atoms with Gasteiger partial charge in [-0.15, -0.1) is 0 Å². The summed E-state index contributed by atoms with van der Waals surface area (Å²) in [6, 6.07) is 5.49. The topological polar surface area (TPSA) is 141 Å². The zero-order valence-corrected chi connectivity index (χ0v) is 19.8. The third-order valence-corrected chi connectivity index (χ3v) is 5.31. The zero-order valence-electron chi connectivity index (χ0n) is 19.1. The van der Waals surface area contributed by atoms with Crippen molar-refractivity contribution in [3.63, 3.8) is 0 Å². The molecule has 2 amide bonds. The van der Waals surface area contributed by atoms with Crippen LogP contribution in [0.2, 0.25) is 5.28 Å². The second kappa shape index (κ2) is 11.0. The van der Waals surface area contributed by atoms with Gasteiger partial charge in [-0.3, -0.25) is 4.79 Å². The van der Waals surface area contributed by atoms with E-state index in [1.807, 2.05) is 4.90 Å². The maximum atomic E-state index is 11.9. The van der Waals surface area contributed by atoms with Crippen molar-refractivity contribution < 1.29 is 24.2 Å². The number of amides is 2. The average Bonchev–Trinajstić information content (AvgIpc) is 2.79. The molecule has 1 atom stereocenters. The van der Waals surface area contributed by atoms with E-state index in [2.05, 4.69) is 20.3 Å². The van der Waals surface area contributed by atoms with E-state index in [4.69, 9.17) is 16.3 Å². The number of ether oxygens (including phenoxy) is 1. The van der Waals surface area contributed by atoms with Gasteiger partial charge in [-0.2, -0.15) is 15.0 Å². The maximum absolute atomic E-state index is 11.9. The second-order valence-corrected chi connectivity index (χ2v) is 8.20. The molecule has 1 aromatic carbocycles. The smallest absolute Gasteiger partial charge is 0.414 e. The molecule has 182 valence electrons. The van der Waals surface area contributed by atoms with Crippen LogP contribution in [0.5, 0.6) is 5.75 Å². The SMILES string of the molecule is CC(=O)N1CCN(c2nc(Cl)nc(N[C@@H](Cc3ccc(OC(=O)N(C)C)cc3)C(=O)O)n2)CC1. The van der Waals surface area contributed by atoms with E-state index >= 15 is 0 Å². The first-order valence-corrected chi connectivity index (χ1v) is 10.9. The first-order chi connectivity index (χ1) is 16.1. The fraction of sp³-hybridized carbons (Fsp3) is 0.429. The molecular weight excluding hydrogens is 466 g/mol. The van der Waals surface area contributed by atoms with Gasteiger partial charge < -0.3 is 29.9 Å². The minimum absolute atomic E-state index is 0.00359. The summed E-state index contributed by atoms with van der Waals surface area (Å²) in [4.78, 5) is 52.4. The van der Waals surface area contributed by atoms with Crippen molar-refractivity contribution in [2.45, 2.75) is 19.4 Å². The molecule has 1 fully saturated rings. The number of piperazine rings is 1. The summed E-state index contributed by atoms with van der Waals surface area (Å²) in [6.07, 6.45) is -0.393. The Morgan fingerprint density at radius 3 is 2.32 bits per heavy atom. The van der Waals surface area contributed by atoms with Gasteiger partial charge in [0.05, 0.1) is 0 Å². The monoisotopic (exact) mass is 491 g/mol. The summed E-state index contributed by atoms with van der Waals surface area (Å²) >= 11 is 6.07. The number of carbonyl (C=O) groups is 3. The van der Waals surface area contributed by atoms with Crippen LogP contribution in [0.15, 0.2) is 24.3 Å². The summed E-state index contributed by atoms with van der Waals surface area (Å²) in [7, 11) is 3.15. The fourth-order valence-electron chi connectivity index (χ4n) is 3.24. The number of carbonyl (C=O) groups excluding carboxylic acids is 2. The van der Waals surface area contributed by atoms with Gasteiger partial charge in [0.15, 0.2) is 0 Å². The van der Waals surface area contributed by atoms with E-state index in [1.165, 1.54) is 11.8 Å². The van der Waals surface area contributed by atoms with E-state index in [1.54, 1.807) is 43.3 Å². The van der Waals surface area contributed by atoms with Gasteiger partial charge in [-0.05, 0) is 29.3 Å². The molecule has 34 heavy (non-hydrogen) atoms. The van der Waals surface area contributed by atoms with Crippen LogP contribution in [0.4, 0.5) is 16.7 Å². The Morgan fingerprint density at radius 2 is 1.76 bits per heavy atom. The number of anilines is 2. The molecule has 0 radical (unpaired) electrons. The van der Waals surface area contributed by atoms with E-state index < -0.39 is 18.1 Å². The van der Waals surface area contributed by atoms with Crippen LogP contribution in [0, 0.1) is 0 Å². The van der Waals surface area contributed by atoms with Crippen LogP contribution < -0.4 is 15.0 Å². The molecule has 2 heterocycles. The van der Waals surface area contributed by atoms with Gasteiger partial charge in [-0.25, -0.2) is 9.59 Å². The number of carboxylic acids is 1. The Kier molecular flexibility index (Phi) is 8.05. The van der Waals surface area contributed by atoms with Crippen molar-refractivity contribution in [2.24, 2.45) is 0 Å². The van der Waals surface area contributed by atoms with Crippen LogP contribution in [0.25, 0.3) is 0 Å². The second-order valence-electron chi connectivity index (χ2n) is 7.87. The van der Waals surface area contributed by atoms with Crippen molar-refractivity contribution in [3.05, 3.63) is 35.1 Å². The minimum atomic E-state index is -1.10. The molecule has 0 spiro atoms. The lowest BCUT2D eigenvalue weighted by atomic mass is 10.1. The average molecular weight is 492 g/mol. The summed E-state index contributed by atoms with van der Waals surface area (Å²) in [5, 5.41) is 12.4. The number of hydrogen-bond donors (Lipinski definition) is 2. The molecule has 1 aliphatic heterocycles. The number of nitrogens with one attached hydrogen (secondary N) is 1. The van der Waals surface area contributed by atoms with Crippen LogP contribution in [-0.2, 0) is 16.0 Å². The zero-order chi connectivity index (χ0) is 24.8. The number of aliphatic carboxylic acids is 1. The number of nitrogens with zero attached hydrogens (tertiary/aromatic N) is 6. The normalized spacial score (nSPS) is 14.4. The Morgan fingerprint density at radius 1 is 1.12 bits per heavy atom. The lowest BCUT2D eigenvalue weighted by molar-refractivity contribution is -0.138. The number of hydrogen-bond acceptors (Lipinski definition) is 9. The van der Waals surface area contributed by atoms with Crippen LogP contribution in [0.3, 0.4) is 0 Å². The van der Waals surface area contributed by atoms with Gasteiger partial charge in [0.2, 0.25) is 23.1 Å². The first kappa shape index (κ1) is 25.0. The van der Waals surface area contributed by atoms with E-state index in [9.17, 15) is 19.5 Å². The molecule has 3 rings (SSSR count). The lowest BCUT2D eigenvalue weighted by Gasteiger charge is -2.34. The van der Waals surface area contributed by atoms with E-state index in [0.717, 1.165) is 0 Å². The third kappa shape index (κ3) is 6.67. The standard InChI is InChI=1S/C21H26ClN7O5/c1-13(30)28-8-10-29(11-9-28)20-25-18(22)24-19(26-20)23-16(17(31)32)12-14-4-6-15(7-5-14)34-21(33)27(2)3/h4-7,16H,8-12H2,1-3H3,(H,31,32)(H,23,24,25,26)/t16-/m0/s1. The highest BCUT2D eigenvalue weighted by Crippen LogP contribution is 2.19. The van der Waals surface area contributed by atoms with Gasteiger partial charge in [0, 0.05) is 53.6 Å². The Balaban J connectivity index is 1.68. The number of rotatable bonds is 7. The first-order valence-electron chi connectivity index (χ1n) is 10.5. The molecule has 0 unspecified atom stereocenters. The van der Waals surface area contributed by atoms with E-state index in [0.29, 0.717) is 43.4 Å². The number of halogens is 1. The summed E-state index contributed by atoms with van der Waals surface area (Å²) in [5.74, 6) is -0.406. The highest BCUT2D eigenvalue weighted by molar-refractivity contribution is 6.28. The Labute approximate surface area is 201 Å². The predicted octanol–water partition coefficient (Wildman–Crippen LogP) is 1.36. The fourth-order valence-corrected chi connectivity index (χ4v) is 3.40. The minimum Gasteiger partial charge on any atom is -0.480 e. The molecular formula is C21H26ClN7O5. The molecule has 0 bridgehead atoms. The van der Waals surface area contributed by atoms with Crippen LogP contribution in [0.1, 0.15) is 12.5 Å². The number of carboxylic acid groups (broad SMARTS) is 1. The lowest BCUT2D eigenvalue weighted by Crippen LogP contribution is -2.48. The van der Waals surface area contributed by atoms with Crippen molar-refractivity contribution in [1.82, 2.24) is 24.8 Å². The Bertz CT molecular complexity index is 1040. The van der Waals surface area contributed by atoms with E-state index in [-0.39, 0.29) is 23.6 Å². The molecule has 1 aromatic heterocycles. The highest BCUT2D eigenvalue weighted by atomic mass is 35.5. The van der Waals surface area contributed by atoms with Gasteiger partial charge in [0.1, 0.15) is 11.8 Å². The quantitative estimate of drug-likeness (QED) is 0.583. The van der Waals surface area contributed by atoms with Crippen LogP contribution >= 0.6 is 11.6 Å². The van der Waals surface area contributed by atoms with Crippen molar-refractivity contribution in [1.29, 1.82) is 0 Å². The summed E-state index contributed by atoms with van der Waals surface area (Å²) in [6.45, 7) is 3.62. The largest absolute Gasteiger partial charge is 0.480 e.